The molecule has 0 spiro atoms. The Bertz CT molecular complexity index is 593. The van der Waals surface area contributed by atoms with Crippen LogP contribution in [0.1, 0.15) is 34.9 Å². The summed E-state index contributed by atoms with van der Waals surface area (Å²) in [5.41, 5.74) is 8.19. The molecule has 0 radical (unpaired) electrons. The number of benzene rings is 1. The van der Waals surface area contributed by atoms with E-state index in [1.54, 1.807) is 11.3 Å². The predicted molar refractivity (Wildman–Crippen MR) is 85.5 cm³/mol. The number of rotatable bonds is 3. The molecule has 1 aromatic carbocycles. The third kappa shape index (κ3) is 2.65. The third-order valence-electron chi connectivity index (χ3n) is 3.07. The maximum Gasteiger partial charge on any atom is 0.180 e. The van der Waals surface area contributed by atoms with Gasteiger partial charge in [-0.05, 0) is 53.1 Å². The molecule has 0 saturated heterocycles. The Labute approximate surface area is 129 Å². The molecule has 1 aliphatic rings. The summed E-state index contributed by atoms with van der Waals surface area (Å²) in [5, 5.41) is 1.50. The van der Waals surface area contributed by atoms with Crippen molar-refractivity contribution in [1.82, 2.24) is 4.98 Å². The van der Waals surface area contributed by atoms with Gasteiger partial charge in [-0.2, -0.15) is 0 Å². The Hall–Kier alpha value is -0.330. The summed E-state index contributed by atoms with van der Waals surface area (Å²) in [6.45, 7) is 0. The van der Waals surface area contributed by atoms with E-state index in [0.29, 0.717) is 11.0 Å². The summed E-state index contributed by atoms with van der Waals surface area (Å²) in [4.78, 5) is 5.74. The molecule has 0 unspecified atom stereocenters. The van der Waals surface area contributed by atoms with Crippen LogP contribution in [-0.2, 0) is 6.42 Å². The lowest BCUT2D eigenvalue weighted by Crippen LogP contribution is -1.92. The monoisotopic (exact) mass is 390 g/mol. The van der Waals surface area contributed by atoms with Crippen molar-refractivity contribution in [2.24, 2.45) is 0 Å². The second-order valence-corrected chi connectivity index (χ2v) is 7.32. The van der Waals surface area contributed by atoms with Gasteiger partial charge in [-0.25, -0.2) is 4.98 Å². The van der Waals surface area contributed by atoms with E-state index < -0.39 is 0 Å². The van der Waals surface area contributed by atoms with Crippen molar-refractivity contribution in [3.05, 3.63) is 42.9 Å². The molecule has 2 nitrogen and oxygen atoms in total. The first-order chi connectivity index (χ1) is 8.63. The Kier molecular flexibility index (Phi) is 3.51. The fourth-order valence-corrected chi connectivity index (χ4v) is 3.89. The molecule has 0 atom stereocenters. The van der Waals surface area contributed by atoms with Gasteiger partial charge < -0.3 is 5.73 Å². The number of hydrogen-bond acceptors (Lipinski definition) is 3. The van der Waals surface area contributed by atoms with Gasteiger partial charge in [0.2, 0.25) is 0 Å². The van der Waals surface area contributed by atoms with E-state index in [-0.39, 0.29) is 0 Å². The first-order valence-electron chi connectivity index (χ1n) is 5.82. The Morgan fingerprint density at radius 3 is 2.89 bits per heavy atom. The van der Waals surface area contributed by atoms with Crippen molar-refractivity contribution in [3.63, 3.8) is 0 Å². The van der Waals surface area contributed by atoms with Crippen molar-refractivity contribution < 1.29 is 0 Å². The van der Waals surface area contributed by atoms with E-state index in [2.05, 4.69) is 39.7 Å². The maximum atomic E-state index is 6.28. The standard InChI is InChI=1S/C13H12ClIN2S/c14-10-6-9(15)4-3-8(10)5-11-12(7-1-2-7)17-13(16)18-11/h3-4,6-7H,1-2,5H2,(H2,16,17). The van der Waals surface area contributed by atoms with Crippen LogP contribution in [0.15, 0.2) is 18.2 Å². The highest BCUT2D eigenvalue weighted by molar-refractivity contribution is 14.1. The quantitative estimate of drug-likeness (QED) is 0.786. The first kappa shape index (κ1) is 12.7. The zero-order valence-corrected chi connectivity index (χ0v) is 13.3. The molecule has 2 N–H and O–H groups in total. The second kappa shape index (κ2) is 4.98. The number of thiazole rings is 1. The Balaban J connectivity index is 1.91. The zero-order chi connectivity index (χ0) is 12.7. The molecule has 1 heterocycles. The zero-order valence-electron chi connectivity index (χ0n) is 9.62. The van der Waals surface area contributed by atoms with Crippen LogP contribution < -0.4 is 5.73 Å². The molecule has 18 heavy (non-hydrogen) atoms. The molecule has 1 aliphatic carbocycles. The highest BCUT2D eigenvalue weighted by Gasteiger charge is 2.29. The van der Waals surface area contributed by atoms with Gasteiger partial charge in [0.1, 0.15) is 0 Å². The van der Waals surface area contributed by atoms with E-state index in [9.17, 15) is 0 Å². The maximum absolute atomic E-state index is 6.28. The molecule has 1 aromatic heterocycles. The van der Waals surface area contributed by atoms with Crippen LogP contribution >= 0.6 is 45.5 Å². The Morgan fingerprint density at radius 1 is 1.44 bits per heavy atom. The topological polar surface area (TPSA) is 38.9 Å². The lowest BCUT2D eigenvalue weighted by atomic mass is 10.1. The molecule has 0 bridgehead atoms. The number of anilines is 1. The molecule has 1 fully saturated rings. The molecule has 1 saturated carbocycles. The smallest absolute Gasteiger partial charge is 0.180 e. The van der Waals surface area contributed by atoms with Crippen LogP contribution in [0.2, 0.25) is 5.02 Å². The minimum atomic E-state index is 0.635. The van der Waals surface area contributed by atoms with Gasteiger partial charge in [-0.1, -0.05) is 17.7 Å². The summed E-state index contributed by atoms with van der Waals surface area (Å²) in [6, 6.07) is 6.18. The van der Waals surface area contributed by atoms with Crippen molar-refractivity contribution in [2.45, 2.75) is 25.2 Å². The van der Waals surface area contributed by atoms with Crippen LogP contribution in [-0.4, -0.2) is 4.98 Å². The largest absolute Gasteiger partial charge is 0.375 e. The normalized spacial score (nSPS) is 15.0. The van der Waals surface area contributed by atoms with Crippen LogP contribution in [0.5, 0.6) is 0 Å². The summed E-state index contributed by atoms with van der Waals surface area (Å²) < 4.78 is 1.16. The SMILES string of the molecule is Nc1nc(C2CC2)c(Cc2ccc(I)cc2Cl)s1. The number of halogens is 2. The number of hydrogen-bond donors (Lipinski definition) is 1. The van der Waals surface area contributed by atoms with Crippen molar-refractivity contribution in [1.29, 1.82) is 0 Å². The summed E-state index contributed by atoms with van der Waals surface area (Å²) in [5.74, 6) is 0.635. The number of aromatic nitrogens is 1. The van der Waals surface area contributed by atoms with E-state index in [1.165, 1.54) is 23.4 Å². The van der Waals surface area contributed by atoms with Gasteiger partial charge in [-0.3, -0.25) is 0 Å². The lowest BCUT2D eigenvalue weighted by Gasteiger charge is -2.04. The van der Waals surface area contributed by atoms with E-state index in [1.807, 2.05) is 6.07 Å². The van der Waals surface area contributed by atoms with Crippen LogP contribution in [0.4, 0.5) is 5.13 Å². The third-order valence-corrected chi connectivity index (χ3v) is 5.00. The number of nitrogens with two attached hydrogens (primary N) is 1. The molecule has 5 heteroatoms. The van der Waals surface area contributed by atoms with Crippen LogP contribution in [0, 0.1) is 3.57 Å². The Morgan fingerprint density at radius 2 is 2.22 bits per heavy atom. The van der Waals surface area contributed by atoms with Gasteiger partial charge in [0, 0.05) is 25.8 Å². The minimum absolute atomic E-state index is 0.635. The average molecular weight is 391 g/mol. The lowest BCUT2D eigenvalue weighted by molar-refractivity contribution is 1.01. The molecule has 94 valence electrons. The number of nitrogen functional groups attached to an aromatic ring is 1. The molecule has 3 rings (SSSR count). The fourth-order valence-electron chi connectivity index (χ4n) is 2.02. The van der Waals surface area contributed by atoms with Crippen molar-refractivity contribution in [3.8, 4) is 0 Å². The molecule has 2 aromatic rings. The van der Waals surface area contributed by atoms with Gasteiger partial charge in [0.25, 0.3) is 0 Å². The van der Waals surface area contributed by atoms with Crippen LogP contribution in [0.3, 0.4) is 0 Å². The number of nitrogens with zero attached hydrogens (tertiary/aromatic N) is 1. The molecular formula is C13H12ClIN2S. The molecule has 0 amide bonds. The predicted octanol–water partition coefficient (Wildman–Crippen LogP) is 4.45. The van der Waals surface area contributed by atoms with E-state index in [0.717, 1.165) is 20.6 Å². The fraction of sp³-hybridized carbons (Fsp3) is 0.308. The highest BCUT2D eigenvalue weighted by Crippen LogP contribution is 2.44. The van der Waals surface area contributed by atoms with Gasteiger partial charge in [0.15, 0.2) is 5.13 Å². The van der Waals surface area contributed by atoms with Gasteiger partial charge in [-0.15, -0.1) is 11.3 Å². The molecular weight excluding hydrogens is 379 g/mol. The summed E-state index contributed by atoms with van der Waals surface area (Å²) in [6.07, 6.45) is 3.34. The van der Waals surface area contributed by atoms with Crippen molar-refractivity contribution >= 4 is 50.7 Å². The minimum Gasteiger partial charge on any atom is -0.375 e. The second-order valence-electron chi connectivity index (χ2n) is 4.55. The van der Waals surface area contributed by atoms with Gasteiger partial charge in [0.05, 0.1) is 5.69 Å². The summed E-state index contributed by atoms with van der Waals surface area (Å²) in [7, 11) is 0. The first-order valence-corrected chi connectivity index (χ1v) is 8.10. The van der Waals surface area contributed by atoms with E-state index in [4.69, 9.17) is 17.3 Å². The van der Waals surface area contributed by atoms with Crippen LogP contribution in [0.25, 0.3) is 0 Å². The highest BCUT2D eigenvalue weighted by atomic mass is 127. The van der Waals surface area contributed by atoms with Gasteiger partial charge >= 0.3 is 0 Å². The van der Waals surface area contributed by atoms with E-state index >= 15 is 0 Å². The average Bonchev–Trinajstić information content (AvgIpc) is 3.08. The summed E-state index contributed by atoms with van der Waals surface area (Å²) >= 11 is 10.1. The van der Waals surface area contributed by atoms with Crippen molar-refractivity contribution in [2.75, 3.05) is 5.73 Å². The molecule has 0 aliphatic heterocycles.